The lowest BCUT2D eigenvalue weighted by Crippen LogP contribution is -2.35. The fourth-order valence-electron chi connectivity index (χ4n) is 2.42. The van der Waals surface area contributed by atoms with Crippen LogP contribution in [0.2, 0.25) is 0 Å². The Balaban J connectivity index is 2.24. The molecule has 0 aliphatic heterocycles. The Hall–Kier alpha value is -1.87. The Morgan fingerprint density at radius 1 is 1.05 bits per heavy atom. The molecule has 21 heavy (non-hydrogen) atoms. The summed E-state index contributed by atoms with van der Waals surface area (Å²) in [6.45, 7) is 7.22. The van der Waals surface area contributed by atoms with Crippen molar-refractivity contribution in [2.24, 2.45) is 0 Å². The highest BCUT2D eigenvalue weighted by Gasteiger charge is 2.13. The third-order valence-corrected chi connectivity index (χ3v) is 3.93. The van der Waals surface area contributed by atoms with Crippen molar-refractivity contribution in [2.45, 2.75) is 27.2 Å². The van der Waals surface area contributed by atoms with Crippen molar-refractivity contribution in [3.05, 3.63) is 59.7 Å². The number of hydrogen-bond acceptors (Lipinski definition) is 1. The van der Waals surface area contributed by atoms with E-state index in [-0.39, 0.29) is 0 Å². The Kier molecular flexibility index (Phi) is 5.34. The van der Waals surface area contributed by atoms with Gasteiger partial charge < -0.3 is 10.2 Å². The van der Waals surface area contributed by atoms with Crippen LogP contribution in [0.25, 0.3) is 0 Å². The molecule has 0 radical (unpaired) electrons. The Labute approximate surface area is 132 Å². The molecule has 0 fully saturated rings. The lowest BCUT2D eigenvalue weighted by atomic mass is 10.1. The molecular formula is C18H22N2S. The molecule has 0 aromatic heterocycles. The van der Waals surface area contributed by atoms with E-state index in [9.17, 15) is 0 Å². The number of thiocarbonyl (C=S) groups is 1. The summed E-state index contributed by atoms with van der Waals surface area (Å²) >= 11 is 5.62. The van der Waals surface area contributed by atoms with Gasteiger partial charge in [0.2, 0.25) is 0 Å². The van der Waals surface area contributed by atoms with Crippen molar-refractivity contribution in [1.29, 1.82) is 0 Å². The number of rotatable bonds is 4. The first-order valence-corrected chi connectivity index (χ1v) is 7.80. The van der Waals surface area contributed by atoms with E-state index in [0.717, 1.165) is 29.5 Å². The van der Waals surface area contributed by atoms with Gasteiger partial charge in [-0.05, 0) is 55.7 Å². The molecule has 3 heteroatoms. The van der Waals surface area contributed by atoms with Crippen molar-refractivity contribution in [3.63, 3.8) is 0 Å². The minimum atomic E-state index is 0.743. The second kappa shape index (κ2) is 7.23. The smallest absolute Gasteiger partial charge is 0.177 e. The van der Waals surface area contributed by atoms with E-state index in [4.69, 9.17) is 12.2 Å². The van der Waals surface area contributed by atoms with Crippen molar-refractivity contribution in [3.8, 4) is 0 Å². The number of aryl methyl sites for hydroxylation is 2. The van der Waals surface area contributed by atoms with Gasteiger partial charge in [-0.15, -0.1) is 0 Å². The molecule has 0 saturated carbocycles. The monoisotopic (exact) mass is 298 g/mol. The molecule has 2 aromatic carbocycles. The number of hydrogen-bond donors (Lipinski definition) is 1. The van der Waals surface area contributed by atoms with Gasteiger partial charge in [0.05, 0.1) is 0 Å². The summed E-state index contributed by atoms with van der Waals surface area (Å²) in [4.78, 5) is 2.14. The fourth-order valence-corrected chi connectivity index (χ4v) is 2.76. The third-order valence-electron chi connectivity index (χ3n) is 3.61. The molecule has 1 N–H and O–H groups in total. The SMILES string of the molecule is CCc1ccccc1NC(=S)N(CC)c1ccccc1C. The number of nitrogens with one attached hydrogen (secondary N) is 1. The maximum Gasteiger partial charge on any atom is 0.177 e. The summed E-state index contributed by atoms with van der Waals surface area (Å²) in [5.74, 6) is 0. The largest absolute Gasteiger partial charge is 0.332 e. The zero-order chi connectivity index (χ0) is 15.2. The molecular weight excluding hydrogens is 276 g/mol. The Morgan fingerprint density at radius 2 is 1.71 bits per heavy atom. The minimum absolute atomic E-state index is 0.743. The van der Waals surface area contributed by atoms with E-state index in [1.807, 2.05) is 12.1 Å². The third kappa shape index (κ3) is 3.61. The zero-order valence-corrected chi connectivity index (χ0v) is 13.7. The van der Waals surface area contributed by atoms with Gasteiger partial charge in [-0.25, -0.2) is 0 Å². The van der Waals surface area contributed by atoms with E-state index >= 15 is 0 Å². The second-order valence-corrected chi connectivity index (χ2v) is 5.36. The molecule has 0 heterocycles. The molecule has 0 spiro atoms. The highest BCUT2D eigenvalue weighted by Crippen LogP contribution is 2.22. The van der Waals surface area contributed by atoms with Crippen LogP contribution >= 0.6 is 12.2 Å². The summed E-state index contributed by atoms with van der Waals surface area (Å²) in [7, 11) is 0. The molecule has 110 valence electrons. The predicted molar refractivity (Wildman–Crippen MR) is 96.2 cm³/mol. The first-order chi connectivity index (χ1) is 10.2. The molecule has 0 unspecified atom stereocenters. The molecule has 0 bridgehead atoms. The van der Waals surface area contributed by atoms with Crippen molar-refractivity contribution in [2.75, 3.05) is 16.8 Å². The van der Waals surface area contributed by atoms with Crippen LogP contribution < -0.4 is 10.2 Å². The van der Waals surface area contributed by atoms with Gasteiger partial charge in [0, 0.05) is 17.9 Å². The van der Waals surface area contributed by atoms with Crippen LogP contribution in [0.1, 0.15) is 25.0 Å². The van der Waals surface area contributed by atoms with Crippen LogP contribution in [-0.4, -0.2) is 11.7 Å². The van der Waals surface area contributed by atoms with E-state index in [0.29, 0.717) is 0 Å². The number of anilines is 2. The molecule has 0 aliphatic rings. The van der Waals surface area contributed by atoms with Gasteiger partial charge in [-0.2, -0.15) is 0 Å². The van der Waals surface area contributed by atoms with Crippen molar-refractivity contribution >= 4 is 28.7 Å². The molecule has 2 rings (SSSR count). The maximum absolute atomic E-state index is 5.62. The van der Waals surface area contributed by atoms with Gasteiger partial charge in [0.25, 0.3) is 0 Å². The predicted octanol–water partition coefficient (Wildman–Crippen LogP) is 4.78. The maximum atomic E-state index is 5.62. The standard InChI is InChI=1S/C18H22N2S/c1-4-15-11-7-8-12-16(15)19-18(21)20(5-2)17-13-9-6-10-14(17)3/h6-13H,4-5H2,1-3H3,(H,19,21). The number of benzene rings is 2. The van der Waals surface area contributed by atoms with Crippen LogP contribution in [0.4, 0.5) is 11.4 Å². The van der Waals surface area contributed by atoms with Crippen molar-refractivity contribution < 1.29 is 0 Å². The minimum Gasteiger partial charge on any atom is -0.332 e. The summed E-state index contributed by atoms with van der Waals surface area (Å²) < 4.78 is 0. The van der Waals surface area contributed by atoms with Gasteiger partial charge in [0.1, 0.15) is 0 Å². The Bertz CT molecular complexity index is 622. The first kappa shape index (κ1) is 15.5. The van der Waals surface area contributed by atoms with Crippen LogP contribution in [-0.2, 0) is 6.42 Å². The summed E-state index contributed by atoms with van der Waals surface area (Å²) in [6.07, 6.45) is 0.988. The summed E-state index contributed by atoms with van der Waals surface area (Å²) in [5, 5.41) is 4.14. The van der Waals surface area contributed by atoms with Gasteiger partial charge in [0.15, 0.2) is 5.11 Å². The molecule has 0 amide bonds. The van der Waals surface area contributed by atoms with E-state index in [1.54, 1.807) is 0 Å². The van der Waals surface area contributed by atoms with E-state index in [2.05, 4.69) is 67.4 Å². The highest BCUT2D eigenvalue weighted by molar-refractivity contribution is 7.80. The van der Waals surface area contributed by atoms with E-state index in [1.165, 1.54) is 11.1 Å². The van der Waals surface area contributed by atoms with Gasteiger partial charge in [-0.1, -0.05) is 43.3 Å². The first-order valence-electron chi connectivity index (χ1n) is 7.39. The van der Waals surface area contributed by atoms with Crippen LogP contribution in [0.3, 0.4) is 0 Å². The lowest BCUT2D eigenvalue weighted by molar-refractivity contribution is 1.05. The number of para-hydroxylation sites is 2. The topological polar surface area (TPSA) is 15.3 Å². The van der Waals surface area contributed by atoms with Crippen LogP contribution in [0.5, 0.6) is 0 Å². The molecule has 0 aliphatic carbocycles. The fraction of sp³-hybridized carbons (Fsp3) is 0.278. The number of nitrogens with zero attached hydrogens (tertiary/aromatic N) is 1. The quantitative estimate of drug-likeness (QED) is 0.818. The zero-order valence-electron chi connectivity index (χ0n) is 12.9. The Morgan fingerprint density at radius 3 is 2.38 bits per heavy atom. The van der Waals surface area contributed by atoms with Crippen LogP contribution in [0.15, 0.2) is 48.5 Å². The summed E-state index contributed by atoms with van der Waals surface area (Å²) in [5.41, 5.74) is 4.76. The average molecular weight is 298 g/mol. The second-order valence-electron chi connectivity index (χ2n) is 4.97. The highest BCUT2D eigenvalue weighted by atomic mass is 32.1. The molecule has 0 atom stereocenters. The van der Waals surface area contributed by atoms with Gasteiger partial charge >= 0.3 is 0 Å². The summed E-state index contributed by atoms with van der Waals surface area (Å²) in [6, 6.07) is 16.6. The van der Waals surface area contributed by atoms with Gasteiger partial charge in [-0.3, -0.25) is 0 Å². The molecule has 2 nitrogen and oxygen atoms in total. The van der Waals surface area contributed by atoms with Crippen LogP contribution in [0, 0.1) is 6.92 Å². The average Bonchev–Trinajstić information content (AvgIpc) is 2.50. The molecule has 0 saturated heterocycles. The van der Waals surface area contributed by atoms with Crippen molar-refractivity contribution in [1.82, 2.24) is 0 Å². The molecule has 2 aromatic rings. The van der Waals surface area contributed by atoms with E-state index < -0.39 is 0 Å². The lowest BCUT2D eigenvalue weighted by Gasteiger charge is -2.26. The normalized spacial score (nSPS) is 10.2.